The first-order valence-electron chi connectivity index (χ1n) is 6.50. The van der Waals surface area contributed by atoms with Crippen LogP contribution in [0.2, 0.25) is 0 Å². The fourth-order valence-electron chi connectivity index (χ4n) is 2.05. The van der Waals surface area contributed by atoms with Crippen LogP contribution in [-0.4, -0.2) is 24.5 Å². The van der Waals surface area contributed by atoms with Gasteiger partial charge in [-0.3, -0.25) is 4.79 Å². The molecule has 1 N–H and O–H groups in total. The Morgan fingerprint density at radius 3 is 2.89 bits per heavy atom. The number of carbonyl (C=O) groups excluding carboxylic acids is 1. The van der Waals surface area contributed by atoms with Gasteiger partial charge in [-0.2, -0.15) is 0 Å². The van der Waals surface area contributed by atoms with Crippen LogP contribution in [-0.2, 0) is 6.42 Å². The minimum Gasteiger partial charge on any atom is -0.493 e. The summed E-state index contributed by atoms with van der Waals surface area (Å²) >= 11 is 0. The normalized spacial score (nSPS) is 14.8. The van der Waals surface area contributed by atoms with Crippen molar-refractivity contribution in [2.75, 3.05) is 13.2 Å². The lowest BCUT2D eigenvalue weighted by atomic mass is 9.99. The Morgan fingerprint density at radius 1 is 1.39 bits per heavy atom. The maximum Gasteiger partial charge on any atom is 0.180 e. The monoisotopic (exact) mass is 247 g/mol. The molecule has 1 aliphatic rings. The molecule has 0 unspecified atom stereocenters. The minimum absolute atomic E-state index is 0.0502. The lowest BCUT2D eigenvalue weighted by molar-refractivity contribution is 0.0977. The Morgan fingerprint density at radius 2 is 2.17 bits per heavy atom. The summed E-state index contributed by atoms with van der Waals surface area (Å²) < 4.78 is 5.66. The van der Waals surface area contributed by atoms with Crippen molar-refractivity contribution in [3.05, 3.63) is 29.3 Å². The van der Waals surface area contributed by atoms with E-state index in [1.165, 1.54) is 0 Å². The van der Waals surface area contributed by atoms with Crippen molar-refractivity contribution in [3.8, 4) is 5.75 Å². The number of fused-ring (bicyclic) bond motifs is 1. The average Bonchev–Trinajstić information content (AvgIpc) is 2.34. The molecule has 1 aromatic rings. The summed E-state index contributed by atoms with van der Waals surface area (Å²) in [5.74, 6) is 0.896. The second-order valence-electron chi connectivity index (χ2n) is 5.77. The van der Waals surface area contributed by atoms with E-state index < -0.39 is 0 Å². The zero-order valence-electron chi connectivity index (χ0n) is 11.4. The van der Waals surface area contributed by atoms with Gasteiger partial charge in [0.05, 0.1) is 18.7 Å². The molecule has 0 aliphatic carbocycles. The molecule has 0 saturated carbocycles. The molecule has 0 bridgehead atoms. The third kappa shape index (κ3) is 3.10. The van der Waals surface area contributed by atoms with E-state index >= 15 is 0 Å². The summed E-state index contributed by atoms with van der Waals surface area (Å²) in [6, 6.07) is 5.84. The molecule has 0 spiro atoms. The first kappa shape index (κ1) is 13.1. The number of ether oxygens (including phenoxy) is 1. The van der Waals surface area contributed by atoms with Gasteiger partial charge in [-0.15, -0.1) is 0 Å². The maximum atomic E-state index is 12.2. The van der Waals surface area contributed by atoms with Crippen LogP contribution in [0.25, 0.3) is 0 Å². The Kier molecular flexibility index (Phi) is 3.71. The van der Waals surface area contributed by atoms with Crippen molar-refractivity contribution in [1.29, 1.82) is 0 Å². The van der Waals surface area contributed by atoms with Gasteiger partial charge in [0.1, 0.15) is 5.75 Å². The predicted molar refractivity (Wildman–Crippen MR) is 72.3 cm³/mol. The third-order valence-corrected chi connectivity index (χ3v) is 3.01. The number of benzene rings is 1. The molecule has 0 saturated heterocycles. The zero-order valence-corrected chi connectivity index (χ0v) is 11.4. The maximum absolute atomic E-state index is 12.2. The molecule has 0 aromatic heterocycles. The summed E-state index contributed by atoms with van der Waals surface area (Å²) in [6.07, 6.45) is 2.04. The summed E-state index contributed by atoms with van der Waals surface area (Å²) in [5.41, 5.74) is 1.82. The van der Waals surface area contributed by atoms with Crippen molar-refractivity contribution in [2.45, 2.75) is 39.2 Å². The molecule has 0 atom stereocenters. The molecule has 98 valence electrons. The molecule has 0 fully saturated rings. The first-order valence-corrected chi connectivity index (χ1v) is 6.50. The molecule has 0 amide bonds. The number of Topliss-reactive ketones (excluding diaryl/α,β-unsaturated/α-hetero) is 1. The van der Waals surface area contributed by atoms with Crippen LogP contribution >= 0.6 is 0 Å². The SMILES string of the molecule is CC(C)(C)NCC(=O)c1cccc2c1OCCC2. The predicted octanol–water partition coefficient (Wildman–Crippen LogP) is 2.58. The highest BCUT2D eigenvalue weighted by Gasteiger charge is 2.20. The van der Waals surface area contributed by atoms with E-state index in [2.05, 4.69) is 26.1 Å². The van der Waals surface area contributed by atoms with Gasteiger partial charge < -0.3 is 10.1 Å². The number of aryl methyl sites for hydroxylation is 1. The van der Waals surface area contributed by atoms with E-state index in [9.17, 15) is 4.79 Å². The van der Waals surface area contributed by atoms with Gasteiger partial charge in [0.25, 0.3) is 0 Å². The highest BCUT2D eigenvalue weighted by Crippen LogP contribution is 2.29. The van der Waals surface area contributed by atoms with Crippen molar-refractivity contribution >= 4 is 5.78 Å². The fraction of sp³-hybridized carbons (Fsp3) is 0.533. The van der Waals surface area contributed by atoms with Crippen LogP contribution < -0.4 is 10.1 Å². The number of para-hydroxylation sites is 1. The third-order valence-electron chi connectivity index (χ3n) is 3.01. The van der Waals surface area contributed by atoms with Crippen LogP contribution in [0.4, 0.5) is 0 Å². The van der Waals surface area contributed by atoms with Crippen molar-refractivity contribution in [2.24, 2.45) is 0 Å². The van der Waals surface area contributed by atoms with Crippen LogP contribution in [0, 0.1) is 0 Å². The van der Waals surface area contributed by atoms with E-state index in [1.807, 2.05) is 18.2 Å². The van der Waals surface area contributed by atoms with E-state index in [-0.39, 0.29) is 11.3 Å². The van der Waals surface area contributed by atoms with Gasteiger partial charge in [0.2, 0.25) is 0 Å². The topological polar surface area (TPSA) is 38.3 Å². The van der Waals surface area contributed by atoms with Crippen LogP contribution in [0.3, 0.4) is 0 Å². The lowest BCUT2D eigenvalue weighted by Crippen LogP contribution is -2.39. The Hall–Kier alpha value is -1.35. The molecular formula is C15H21NO2. The van der Waals surface area contributed by atoms with Gasteiger partial charge in [-0.25, -0.2) is 0 Å². The molecule has 3 nitrogen and oxygen atoms in total. The van der Waals surface area contributed by atoms with Crippen molar-refractivity contribution < 1.29 is 9.53 Å². The van der Waals surface area contributed by atoms with Crippen LogP contribution in [0.1, 0.15) is 43.1 Å². The van der Waals surface area contributed by atoms with Gasteiger partial charge in [0, 0.05) is 5.54 Å². The van der Waals surface area contributed by atoms with Gasteiger partial charge in [-0.05, 0) is 45.2 Å². The second-order valence-corrected chi connectivity index (χ2v) is 5.77. The summed E-state index contributed by atoms with van der Waals surface area (Å²) in [6.45, 7) is 7.22. The lowest BCUT2D eigenvalue weighted by Gasteiger charge is -2.22. The molecule has 18 heavy (non-hydrogen) atoms. The number of nitrogens with one attached hydrogen (secondary N) is 1. The van der Waals surface area contributed by atoms with Crippen LogP contribution in [0.15, 0.2) is 18.2 Å². The van der Waals surface area contributed by atoms with Gasteiger partial charge in [0.15, 0.2) is 5.78 Å². The minimum atomic E-state index is -0.0502. The highest BCUT2D eigenvalue weighted by atomic mass is 16.5. The number of ketones is 1. The van der Waals surface area contributed by atoms with Crippen LogP contribution in [0.5, 0.6) is 5.75 Å². The standard InChI is InChI=1S/C15H21NO2/c1-15(2,3)16-10-13(17)12-8-4-6-11-7-5-9-18-14(11)12/h4,6,8,16H,5,7,9-10H2,1-3H3. The molecule has 1 aromatic carbocycles. The van der Waals surface area contributed by atoms with Gasteiger partial charge in [-0.1, -0.05) is 12.1 Å². The summed E-state index contributed by atoms with van der Waals surface area (Å²) in [5, 5.41) is 3.22. The quantitative estimate of drug-likeness (QED) is 0.834. The molecule has 2 rings (SSSR count). The van der Waals surface area contributed by atoms with Crippen molar-refractivity contribution in [1.82, 2.24) is 5.32 Å². The van der Waals surface area contributed by atoms with Gasteiger partial charge >= 0.3 is 0 Å². The summed E-state index contributed by atoms with van der Waals surface area (Å²) in [7, 11) is 0. The highest BCUT2D eigenvalue weighted by molar-refractivity contribution is 6.00. The number of rotatable bonds is 3. The largest absolute Gasteiger partial charge is 0.493 e. The summed E-state index contributed by atoms with van der Waals surface area (Å²) in [4.78, 5) is 12.2. The molecular weight excluding hydrogens is 226 g/mol. The number of hydrogen-bond acceptors (Lipinski definition) is 3. The zero-order chi connectivity index (χ0) is 13.2. The van der Waals surface area contributed by atoms with Crippen molar-refractivity contribution in [3.63, 3.8) is 0 Å². The number of hydrogen-bond donors (Lipinski definition) is 1. The molecule has 1 aliphatic heterocycles. The second kappa shape index (κ2) is 5.11. The fourth-order valence-corrected chi connectivity index (χ4v) is 2.05. The Bertz CT molecular complexity index is 446. The number of carbonyl (C=O) groups is 1. The Balaban J connectivity index is 2.15. The van der Waals surface area contributed by atoms with E-state index in [4.69, 9.17) is 4.74 Å². The molecule has 3 heteroatoms. The Labute approximate surface area is 109 Å². The molecule has 0 radical (unpaired) electrons. The first-order chi connectivity index (χ1) is 8.47. The smallest absolute Gasteiger partial charge is 0.180 e. The van der Waals surface area contributed by atoms with E-state index in [0.717, 1.165) is 24.2 Å². The van der Waals surface area contributed by atoms with E-state index in [0.29, 0.717) is 18.7 Å². The molecule has 1 heterocycles. The van der Waals surface area contributed by atoms with E-state index in [1.54, 1.807) is 0 Å². The average molecular weight is 247 g/mol.